The molecule has 1 rings (SSSR count). The Morgan fingerprint density at radius 2 is 2.14 bits per heavy atom. The summed E-state index contributed by atoms with van der Waals surface area (Å²) in [4.78, 5) is 0. The zero-order chi connectivity index (χ0) is 15.9. The van der Waals surface area contributed by atoms with Crippen LogP contribution < -0.4 is 5.32 Å². The zero-order valence-electron chi connectivity index (χ0n) is 13.7. The van der Waals surface area contributed by atoms with Gasteiger partial charge in [-0.25, -0.2) is 0 Å². The van der Waals surface area contributed by atoms with Gasteiger partial charge in [0.15, 0.2) is 0 Å². The molecule has 124 valence electrons. The van der Waals surface area contributed by atoms with Crippen LogP contribution in [0.3, 0.4) is 0 Å². The lowest BCUT2D eigenvalue weighted by atomic mass is 10.1. The first-order valence-corrected chi connectivity index (χ1v) is 9.45. The van der Waals surface area contributed by atoms with E-state index in [9.17, 15) is 8.42 Å². The van der Waals surface area contributed by atoms with E-state index in [1.54, 1.807) is 10.4 Å². The average molecular weight is 317 g/mol. The van der Waals surface area contributed by atoms with E-state index in [0.717, 1.165) is 38.8 Å². The molecular formula is C15H31N3O2S. The molecule has 21 heavy (non-hydrogen) atoms. The summed E-state index contributed by atoms with van der Waals surface area (Å²) >= 11 is 0. The van der Waals surface area contributed by atoms with Gasteiger partial charge >= 0.3 is 0 Å². The maximum absolute atomic E-state index is 12.9. The molecule has 1 aliphatic heterocycles. The van der Waals surface area contributed by atoms with Crippen molar-refractivity contribution < 1.29 is 8.42 Å². The van der Waals surface area contributed by atoms with Crippen LogP contribution in [0.2, 0.25) is 0 Å². The lowest BCUT2D eigenvalue weighted by Crippen LogP contribution is -2.55. The quantitative estimate of drug-likeness (QED) is 0.522. The third kappa shape index (κ3) is 5.06. The Labute approximate surface area is 130 Å². The molecule has 1 atom stereocenters. The maximum Gasteiger partial charge on any atom is 0.282 e. The summed E-state index contributed by atoms with van der Waals surface area (Å²) in [7, 11) is -3.42. The van der Waals surface area contributed by atoms with Gasteiger partial charge in [-0.05, 0) is 39.7 Å². The van der Waals surface area contributed by atoms with E-state index in [0.29, 0.717) is 13.1 Å². The molecule has 1 unspecified atom stereocenters. The molecule has 0 amide bonds. The fourth-order valence-corrected chi connectivity index (χ4v) is 4.77. The smallest absolute Gasteiger partial charge is 0.282 e. The van der Waals surface area contributed by atoms with Crippen molar-refractivity contribution in [3.05, 3.63) is 12.7 Å². The summed E-state index contributed by atoms with van der Waals surface area (Å²) in [5.41, 5.74) is 0. The van der Waals surface area contributed by atoms with Crippen molar-refractivity contribution in [3.63, 3.8) is 0 Å². The van der Waals surface area contributed by atoms with E-state index in [1.807, 2.05) is 13.8 Å². The molecule has 1 fully saturated rings. The lowest BCUT2D eigenvalue weighted by molar-refractivity contribution is 0.222. The molecule has 1 saturated heterocycles. The summed E-state index contributed by atoms with van der Waals surface area (Å²) in [6.07, 6.45) is 5.72. The first kappa shape index (κ1) is 18.6. The molecule has 0 aromatic rings. The van der Waals surface area contributed by atoms with Crippen molar-refractivity contribution in [3.8, 4) is 0 Å². The van der Waals surface area contributed by atoms with Crippen LogP contribution in [0.5, 0.6) is 0 Å². The number of rotatable bonds is 9. The van der Waals surface area contributed by atoms with E-state index < -0.39 is 10.2 Å². The van der Waals surface area contributed by atoms with Crippen LogP contribution in [-0.2, 0) is 10.2 Å². The second-order valence-electron chi connectivity index (χ2n) is 5.92. The minimum absolute atomic E-state index is 0.0563. The van der Waals surface area contributed by atoms with Gasteiger partial charge in [-0.15, -0.1) is 6.58 Å². The average Bonchev–Trinajstić information content (AvgIpc) is 2.45. The summed E-state index contributed by atoms with van der Waals surface area (Å²) in [5.74, 6) is 0. The highest BCUT2D eigenvalue weighted by molar-refractivity contribution is 7.86. The zero-order valence-corrected chi connectivity index (χ0v) is 14.5. The molecule has 0 bridgehead atoms. The van der Waals surface area contributed by atoms with Crippen LogP contribution in [0.4, 0.5) is 0 Å². The molecule has 5 nitrogen and oxygen atoms in total. The van der Waals surface area contributed by atoms with Crippen LogP contribution in [0.15, 0.2) is 12.7 Å². The number of nitrogens with zero attached hydrogens (tertiary/aromatic N) is 2. The van der Waals surface area contributed by atoms with Gasteiger partial charge in [0, 0.05) is 31.7 Å². The SMILES string of the molecule is C=CCN(C(C)C)S(=O)(=O)N1CCCCC1CNCCC. The first-order chi connectivity index (χ1) is 9.95. The minimum Gasteiger partial charge on any atom is -0.315 e. The Morgan fingerprint density at radius 3 is 2.71 bits per heavy atom. The minimum atomic E-state index is -3.42. The molecule has 1 heterocycles. The molecule has 1 aliphatic rings. The third-order valence-corrected chi connectivity index (χ3v) is 6.09. The Balaban J connectivity index is 2.87. The highest BCUT2D eigenvalue weighted by Crippen LogP contribution is 2.23. The molecule has 0 aromatic heterocycles. The summed E-state index contributed by atoms with van der Waals surface area (Å²) in [6, 6.07) is 0.0144. The van der Waals surface area contributed by atoms with Crippen LogP contribution >= 0.6 is 0 Å². The maximum atomic E-state index is 12.9. The van der Waals surface area contributed by atoms with E-state index in [-0.39, 0.29) is 12.1 Å². The van der Waals surface area contributed by atoms with Crippen molar-refractivity contribution in [2.45, 2.75) is 58.5 Å². The first-order valence-electron chi connectivity index (χ1n) is 8.05. The number of piperidine rings is 1. The summed E-state index contributed by atoms with van der Waals surface area (Å²) in [6.45, 7) is 12.3. The highest BCUT2D eigenvalue weighted by atomic mass is 32.2. The highest BCUT2D eigenvalue weighted by Gasteiger charge is 2.36. The van der Waals surface area contributed by atoms with E-state index in [1.165, 1.54) is 4.31 Å². The topological polar surface area (TPSA) is 52.7 Å². The van der Waals surface area contributed by atoms with Crippen LogP contribution in [-0.4, -0.2) is 55.3 Å². The number of hydrogen-bond acceptors (Lipinski definition) is 3. The Bertz CT molecular complexity index is 409. The van der Waals surface area contributed by atoms with Gasteiger partial charge in [0.1, 0.15) is 0 Å². The largest absolute Gasteiger partial charge is 0.315 e. The second-order valence-corrected chi connectivity index (χ2v) is 7.76. The fraction of sp³-hybridized carbons (Fsp3) is 0.867. The van der Waals surface area contributed by atoms with Crippen molar-refractivity contribution in [1.82, 2.24) is 13.9 Å². The van der Waals surface area contributed by atoms with Gasteiger partial charge < -0.3 is 5.32 Å². The van der Waals surface area contributed by atoms with Gasteiger partial charge in [-0.2, -0.15) is 17.0 Å². The Kier molecular flexibility index (Phi) is 7.87. The molecule has 1 N–H and O–H groups in total. The monoisotopic (exact) mass is 317 g/mol. The van der Waals surface area contributed by atoms with Gasteiger partial charge in [0.25, 0.3) is 10.2 Å². The van der Waals surface area contributed by atoms with Crippen molar-refractivity contribution in [1.29, 1.82) is 0 Å². The Morgan fingerprint density at radius 1 is 1.43 bits per heavy atom. The lowest BCUT2D eigenvalue weighted by Gasteiger charge is -2.39. The molecular weight excluding hydrogens is 286 g/mol. The van der Waals surface area contributed by atoms with Crippen LogP contribution in [0.1, 0.15) is 46.5 Å². The number of nitrogens with one attached hydrogen (secondary N) is 1. The van der Waals surface area contributed by atoms with Gasteiger partial charge in [0.05, 0.1) is 0 Å². The van der Waals surface area contributed by atoms with Crippen molar-refractivity contribution in [2.75, 3.05) is 26.2 Å². The van der Waals surface area contributed by atoms with E-state index >= 15 is 0 Å². The molecule has 0 radical (unpaired) electrons. The molecule has 0 saturated carbocycles. The van der Waals surface area contributed by atoms with Crippen molar-refractivity contribution in [2.24, 2.45) is 0 Å². The molecule has 0 spiro atoms. The fourth-order valence-electron chi connectivity index (χ4n) is 2.76. The third-order valence-electron chi connectivity index (χ3n) is 3.86. The Hall–Kier alpha value is -0.430. The number of hydrogen-bond donors (Lipinski definition) is 1. The van der Waals surface area contributed by atoms with Gasteiger partial charge in [-0.1, -0.05) is 19.4 Å². The molecule has 6 heteroatoms. The van der Waals surface area contributed by atoms with E-state index in [4.69, 9.17) is 0 Å². The molecule has 0 aromatic carbocycles. The predicted octanol–water partition coefficient (Wildman–Crippen LogP) is 1.98. The summed E-state index contributed by atoms with van der Waals surface area (Å²) in [5, 5.41) is 3.36. The predicted molar refractivity (Wildman–Crippen MR) is 88.5 cm³/mol. The second kappa shape index (κ2) is 8.88. The van der Waals surface area contributed by atoms with Gasteiger partial charge in [-0.3, -0.25) is 0 Å². The van der Waals surface area contributed by atoms with Gasteiger partial charge in [0.2, 0.25) is 0 Å². The van der Waals surface area contributed by atoms with Crippen LogP contribution in [0.25, 0.3) is 0 Å². The standard InChI is InChI=1S/C15H31N3O2S/c1-5-10-16-13-15-9-7-8-12-18(15)21(19,20)17(11-6-2)14(3)4/h6,14-16H,2,5,7-13H2,1,3-4H3. The normalized spacial score (nSPS) is 21.1. The summed E-state index contributed by atoms with van der Waals surface area (Å²) < 4.78 is 29.1. The van der Waals surface area contributed by atoms with E-state index in [2.05, 4.69) is 18.8 Å². The molecule has 0 aliphatic carbocycles. The van der Waals surface area contributed by atoms with Crippen molar-refractivity contribution >= 4 is 10.2 Å². The van der Waals surface area contributed by atoms with Crippen LogP contribution in [0, 0.1) is 0 Å².